The Labute approximate surface area is 77.3 Å². The maximum absolute atomic E-state index is 12.8. The first-order chi connectivity index (χ1) is 5.52. The molecular formula is C6H3Cl2FN2O. The number of rotatable bonds is 1. The van der Waals surface area contributed by atoms with Crippen LogP contribution in [0.15, 0.2) is 6.07 Å². The van der Waals surface area contributed by atoms with Gasteiger partial charge in [-0.2, -0.15) is 0 Å². The fourth-order valence-corrected chi connectivity index (χ4v) is 0.894. The third-order valence-electron chi connectivity index (χ3n) is 1.12. The molecule has 0 aliphatic heterocycles. The first kappa shape index (κ1) is 9.22. The van der Waals surface area contributed by atoms with E-state index in [0.29, 0.717) is 0 Å². The van der Waals surface area contributed by atoms with E-state index in [2.05, 4.69) is 4.98 Å². The zero-order valence-electron chi connectivity index (χ0n) is 5.64. The summed E-state index contributed by atoms with van der Waals surface area (Å²) in [6.45, 7) is 0. The molecule has 6 heteroatoms. The van der Waals surface area contributed by atoms with Gasteiger partial charge in [0.25, 0.3) is 5.91 Å². The number of halogens is 3. The first-order valence-electron chi connectivity index (χ1n) is 2.83. The van der Waals surface area contributed by atoms with Crippen LogP contribution >= 0.6 is 23.2 Å². The van der Waals surface area contributed by atoms with Crippen LogP contribution in [0, 0.1) is 5.82 Å². The van der Waals surface area contributed by atoms with Crippen LogP contribution in [-0.2, 0) is 0 Å². The van der Waals surface area contributed by atoms with Gasteiger partial charge in [-0.3, -0.25) is 4.79 Å². The molecule has 0 fully saturated rings. The van der Waals surface area contributed by atoms with Crippen molar-refractivity contribution < 1.29 is 9.18 Å². The van der Waals surface area contributed by atoms with Crippen molar-refractivity contribution in [3.8, 4) is 0 Å². The lowest BCUT2D eigenvalue weighted by Gasteiger charge is -1.99. The van der Waals surface area contributed by atoms with E-state index in [1.54, 1.807) is 0 Å². The van der Waals surface area contributed by atoms with Gasteiger partial charge in [0, 0.05) is 0 Å². The second-order valence-electron chi connectivity index (χ2n) is 1.96. The fourth-order valence-electron chi connectivity index (χ4n) is 0.617. The average molecular weight is 209 g/mol. The Morgan fingerprint density at radius 1 is 1.58 bits per heavy atom. The summed E-state index contributed by atoms with van der Waals surface area (Å²) in [5.74, 6) is -1.86. The van der Waals surface area contributed by atoms with Crippen molar-refractivity contribution in [1.82, 2.24) is 4.98 Å². The standard InChI is InChI=1S/C6H3Cl2FN2O/c7-2-1-3(9)4(6(10)12)11-5(2)8/h1H,(H2,10,12). The van der Waals surface area contributed by atoms with E-state index in [1.807, 2.05) is 0 Å². The van der Waals surface area contributed by atoms with Gasteiger partial charge in [0.15, 0.2) is 11.5 Å². The average Bonchev–Trinajstić information content (AvgIpc) is 1.96. The summed E-state index contributed by atoms with van der Waals surface area (Å²) in [5.41, 5.74) is 4.28. The SMILES string of the molecule is NC(=O)c1nc(Cl)c(Cl)cc1F. The van der Waals surface area contributed by atoms with Crippen molar-refractivity contribution >= 4 is 29.1 Å². The number of primary amides is 1. The summed E-state index contributed by atoms with van der Waals surface area (Å²) in [5, 5.41) is -0.203. The van der Waals surface area contributed by atoms with Gasteiger partial charge in [0.1, 0.15) is 5.15 Å². The van der Waals surface area contributed by atoms with E-state index in [9.17, 15) is 9.18 Å². The number of nitrogens with two attached hydrogens (primary N) is 1. The van der Waals surface area contributed by atoms with Crippen LogP contribution in [0.4, 0.5) is 4.39 Å². The van der Waals surface area contributed by atoms with Crippen molar-refractivity contribution in [3.63, 3.8) is 0 Å². The Balaban J connectivity index is 3.33. The van der Waals surface area contributed by atoms with Crippen molar-refractivity contribution in [1.29, 1.82) is 0 Å². The molecule has 0 radical (unpaired) electrons. The van der Waals surface area contributed by atoms with Crippen LogP contribution in [0.2, 0.25) is 10.2 Å². The monoisotopic (exact) mass is 208 g/mol. The van der Waals surface area contributed by atoms with E-state index < -0.39 is 17.4 Å². The molecule has 0 spiro atoms. The minimum atomic E-state index is -0.980. The zero-order chi connectivity index (χ0) is 9.30. The zero-order valence-corrected chi connectivity index (χ0v) is 7.16. The number of amides is 1. The van der Waals surface area contributed by atoms with Crippen LogP contribution in [-0.4, -0.2) is 10.9 Å². The van der Waals surface area contributed by atoms with Crippen LogP contribution in [0.25, 0.3) is 0 Å². The molecule has 0 aliphatic carbocycles. The van der Waals surface area contributed by atoms with Gasteiger partial charge in [-0.05, 0) is 6.07 Å². The number of aromatic nitrogens is 1. The van der Waals surface area contributed by atoms with Gasteiger partial charge in [-0.15, -0.1) is 0 Å². The molecular weight excluding hydrogens is 206 g/mol. The van der Waals surface area contributed by atoms with Crippen LogP contribution in [0.3, 0.4) is 0 Å². The molecule has 64 valence electrons. The number of hydrogen-bond acceptors (Lipinski definition) is 2. The highest BCUT2D eigenvalue weighted by molar-refractivity contribution is 6.41. The molecule has 0 bridgehead atoms. The lowest BCUT2D eigenvalue weighted by molar-refractivity contribution is 0.0991. The number of carbonyl (C=O) groups is 1. The molecule has 1 amide bonds. The second-order valence-corrected chi connectivity index (χ2v) is 2.72. The highest BCUT2D eigenvalue weighted by Gasteiger charge is 2.13. The normalized spacial score (nSPS) is 9.92. The molecule has 1 rings (SSSR count). The molecule has 2 N–H and O–H groups in total. The molecule has 0 unspecified atom stereocenters. The maximum atomic E-state index is 12.8. The minimum Gasteiger partial charge on any atom is -0.364 e. The molecule has 1 aromatic rings. The highest BCUT2D eigenvalue weighted by atomic mass is 35.5. The van der Waals surface area contributed by atoms with Gasteiger partial charge in [0.05, 0.1) is 5.02 Å². The van der Waals surface area contributed by atoms with Crippen LogP contribution in [0.1, 0.15) is 10.5 Å². The second kappa shape index (κ2) is 3.25. The summed E-state index contributed by atoms with van der Waals surface area (Å²) in [4.78, 5) is 13.9. The van der Waals surface area contributed by atoms with Crippen LogP contribution in [0.5, 0.6) is 0 Å². The smallest absolute Gasteiger partial charge is 0.270 e. The largest absolute Gasteiger partial charge is 0.364 e. The summed E-state index contributed by atoms with van der Waals surface area (Å²) in [6.07, 6.45) is 0. The Hall–Kier alpha value is -0.870. The highest BCUT2D eigenvalue weighted by Crippen LogP contribution is 2.21. The van der Waals surface area contributed by atoms with Gasteiger partial charge in [0.2, 0.25) is 0 Å². The van der Waals surface area contributed by atoms with E-state index in [4.69, 9.17) is 28.9 Å². The third kappa shape index (κ3) is 1.65. The van der Waals surface area contributed by atoms with Crippen molar-refractivity contribution in [2.24, 2.45) is 5.73 Å². The van der Waals surface area contributed by atoms with E-state index >= 15 is 0 Å². The Bertz CT molecular complexity index is 343. The summed E-state index contributed by atoms with van der Waals surface area (Å²) < 4.78 is 12.8. The number of pyridine rings is 1. The van der Waals surface area contributed by atoms with Gasteiger partial charge in [-0.25, -0.2) is 9.37 Å². The maximum Gasteiger partial charge on any atom is 0.270 e. The molecule has 0 saturated carbocycles. The molecule has 0 atom stereocenters. The van der Waals surface area contributed by atoms with Crippen molar-refractivity contribution in [2.45, 2.75) is 0 Å². The molecule has 0 saturated heterocycles. The lowest BCUT2D eigenvalue weighted by Crippen LogP contribution is -2.15. The summed E-state index contributed by atoms with van der Waals surface area (Å²) >= 11 is 10.8. The molecule has 12 heavy (non-hydrogen) atoms. The number of carbonyl (C=O) groups excluding carboxylic acids is 1. The van der Waals surface area contributed by atoms with Gasteiger partial charge < -0.3 is 5.73 Å². The predicted molar refractivity (Wildman–Crippen MR) is 42.7 cm³/mol. The summed E-state index contributed by atoms with van der Waals surface area (Å²) in [6, 6.07) is 0.886. The van der Waals surface area contributed by atoms with E-state index in [-0.39, 0.29) is 10.2 Å². The molecule has 1 heterocycles. The Morgan fingerprint density at radius 3 is 2.67 bits per heavy atom. The van der Waals surface area contributed by atoms with Gasteiger partial charge in [-0.1, -0.05) is 23.2 Å². The lowest BCUT2D eigenvalue weighted by atomic mass is 10.3. The molecule has 0 aliphatic rings. The quantitative estimate of drug-likeness (QED) is 0.714. The van der Waals surface area contributed by atoms with Crippen molar-refractivity contribution in [3.05, 3.63) is 27.8 Å². The predicted octanol–water partition coefficient (Wildman–Crippen LogP) is 1.63. The van der Waals surface area contributed by atoms with Crippen LogP contribution < -0.4 is 5.73 Å². The number of nitrogens with zero attached hydrogens (tertiary/aromatic N) is 1. The first-order valence-corrected chi connectivity index (χ1v) is 3.59. The summed E-state index contributed by atoms with van der Waals surface area (Å²) in [7, 11) is 0. The van der Waals surface area contributed by atoms with Crippen molar-refractivity contribution in [2.75, 3.05) is 0 Å². The fraction of sp³-hybridized carbons (Fsp3) is 0. The Kier molecular flexibility index (Phi) is 2.49. The van der Waals surface area contributed by atoms with E-state index in [0.717, 1.165) is 6.07 Å². The Morgan fingerprint density at radius 2 is 2.17 bits per heavy atom. The molecule has 3 nitrogen and oxygen atoms in total. The van der Waals surface area contributed by atoms with E-state index in [1.165, 1.54) is 0 Å². The molecule has 1 aromatic heterocycles. The molecule has 0 aromatic carbocycles. The third-order valence-corrected chi connectivity index (χ3v) is 1.79. The minimum absolute atomic E-state index is 0.0563. The van der Waals surface area contributed by atoms with Gasteiger partial charge >= 0.3 is 0 Å². The number of hydrogen-bond donors (Lipinski definition) is 1. The topological polar surface area (TPSA) is 56.0 Å².